The number of imidazole rings is 1. The third-order valence-electron chi connectivity index (χ3n) is 4.90. The van der Waals surface area contributed by atoms with Gasteiger partial charge in [0.05, 0.1) is 11.0 Å². The molecule has 2 unspecified atom stereocenters. The molecule has 0 spiro atoms. The van der Waals surface area contributed by atoms with E-state index >= 15 is 0 Å². The lowest BCUT2D eigenvalue weighted by molar-refractivity contribution is 0.175. The minimum atomic E-state index is -0.0180. The zero-order valence-electron chi connectivity index (χ0n) is 12.9. The third-order valence-corrected chi connectivity index (χ3v) is 4.90. The monoisotopic (exact) mass is 287 g/mol. The van der Waals surface area contributed by atoms with Crippen LogP contribution in [0.15, 0.2) is 18.2 Å². The Morgan fingerprint density at radius 1 is 1.33 bits per heavy atom. The van der Waals surface area contributed by atoms with E-state index in [-0.39, 0.29) is 6.61 Å². The Morgan fingerprint density at radius 3 is 2.81 bits per heavy atom. The number of hydrogen-bond donors (Lipinski definition) is 2. The maximum atomic E-state index is 9.73. The Morgan fingerprint density at radius 2 is 2.10 bits per heavy atom. The summed E-state index contributed by atoms with van der Waals surface area (Å²) in [5.41, 5.74) is 8.59. The van der Waals surface area contributed by atoms with E-state index in [1.807, 2.05) is 18.2 Å². The first kappa shape index (κ1) is 14.4. The second-order valence-corrected chi connectivity index (χ2v) is 6.56. The third kappa shape index (κ3) is 2.53. The average molecular weight is 287 g/mol. The molecular weight excluding hydrogens is 262 g/mol. The van der Waals surface area contributed by atoms with Crippen molar-refractivity contribution in [3.05, 3.63) is 24.0 Å². The summed E-state index contributed by atoms with van der Waals surface area (Å²) in [6, 6.07) is 6.31. The molecule has 0 radical (unpaired) electrons. The molecular formula is C17H25N3O. The Balaban J connectivity index is 2.13. The molecule has 1 fully saturated rings. The molecule has 21 heavy (non-hydrogen) atoms. The van der Waals surface area contributed by atoms with Crippen LogP contribution in [-0.2, 0) is 6.61 Å². The van der Waals surface area contributed by atoms with Crippen LogP contribution in [-0.4, -0.2) is 14.7 Å². The standard InChI is InChI=1S/C17H25N3O/c1-11(2)13-5-3-4-6-15(13)20-16-8-7-12(18)9-14(16)19-17(20)10-21/h7-9,11,13,15,21H,3-6,10,18H2,1-2H3. The van der Waals surface area contributed by atoms with E-state index in [4.69, 9.17) is 5.73 Å². The van der Waals surface area contributed by atoms with Crippen molar-refractivity contribution in [2.45, 2.75) is 52.2 Å². The van der Waals surface area contributed by atoms with Crippen LogP contribution in [0.1, 0.15) is 51.4 Å². The Kier molecular flexibility index (Phi) is 3.89. The number of aliphatic hydroxyl groups is 1. The number of fused-ring (bicyclic) bond motifs is 1. The largest absolute Gasteiger partial charge is 0.399 e. The maximum absolute atomic E-state index is 9.73. The molecule has 1 aliphatic rings. The molecule has 0 aliphatic heterocycles. The lowest BCUT2D eigenvalue weighted by Gasteiger charge is -2.36. The van der Waals surface area contributed by atoms with E-state index in [0.29, 0.717) is 17.9 Å². The molecule has 3 rings (SSSR count). The van der Waals surface area contributed by atoms with E-state index < -0.39 is 0 Å². The normalized spacial score (nSPS) is 23.0. The zero-order chi connectivity index (χ0) is 15.0. The summed E-state index contributed by atoms with van der Waals surface area (Å²) >= 11 is 0. The van der Waals surface area contributed by atoms with E-state index in [9.17, 15) is 5.11 Å². The van der Waals surface area contributed by atoms with Crippen LogP contribution in [0.5, 0.6) is 0 Å². The first-order valence-electron chi connectivity index (χ1n) is 7.99. The van der Waals surface area contributed by atoms with Crippen LogP contribution in [0.3, 0.4) is 0 Å². The predicted octanol–water partition coefficient (Wildman–Crippen LogP) is 3.50. The van der Waals surface area contributed by atoms with Crippen LogP contribution in [0, 0.1) is 11.8 Å². The lowest BCUT2D eigenvalue weighted by atomic mass is 9.77. The highest BCUT2D eigenvalue weighted by atomic mass is 16.3. The molecule has 1 heterocycles. The molecule has 1 saturated carbocycles. The van der Waals surface area contributed by atoms with Crippen molar-refractivity contribution < 1.29 is 5.11 Å². The van der Waals surface area contributed by atoms with E-state index in [1.54, 1.807) is 0 Å². The van der Waals surface area contributed by atoms with Crippen molar-refractivity contribution in [2.24, 2.45) is 11.8 Å². The lowest BCUT2D eigenvalue weighted by Crippen LogP contribution is -2.28. The van der Waals surface area contributed by atoms with Crippen LogP contribution in [0.25, 0.3) is 11.0 Å². The van der Waals surface area contributed by atoms with Gasteiger partial charge in [0.15, 0.2) is 0 Å². The molecule has 0 saturated heterocycles. The second kappa shape index (κ2) is 5.68. The molecule has 2 atom stereocenters. The van der Waals surface area contributed by atoms with Crippen molar-refractivity contribution in [1.29, 1.82) is 0 Å². The van der Waals surface area contributed by atoms with Crippen molar-refractivity contribution >= 4 is 16.7 Å². The van der Waals surface area contributed by atoms with E-state index in [0.717, 1.165) is 22.5 Å². The van der Waals surface area contributed by atoms with Gasteiger partial charge in [-0.3, -0.25) is 0 Å². The summed E-state index contributed by atoms with van der Waals surface area (Å²) in [5.74, 6) is 2.07. The number of rotatable bonds is 3. The molecule has 1 aromatic heterocycles. The van der Waals surface area contributed by atoms with E-state index in [2.05, 4.69) is 23.4 Å². The molecule has 1 aromatic carbocycles. The first-order valence-corrected chi connectivity index (χ1v) is 7.99. The summed E-state index contributed by atoms with van der Waals surface area (Å²) in [6.07, 6.45) is 5.01. The van der Waals surface area contributed by atoms with Crippen molar-refractivity contribution in [3.63, 3.8) is 0 Å². The Bertz CT molecular complexity index is 632. The van der Waals surface area contributed by atoms with Crippen molar-refractivity contribution in [3.8, 4) is 0 Å². The van der Waals surface area contributed by atoms with E-state index in [1.165, 1.54) is 25.7 Å². The maximum Gasteiger partial charge on any atom is 0.135 e. The number of anilines is 1. The van der Waals surface area contributed by atoms with Gasteiger partial charge in [-0.1, -0.05) is 26.7 Å². The SMILES string of the molecule is CC(C)C1CCCCC1n1c(CO)nc2cc(N)ccc21. The predicted molar refractivity (Wildman–Crippen MR) is 85.9 cm³/mol. The van der Waals surface area contributed by atoms with Gasteiger partial charge in [-0.25, -0.2) is 4.98 Å². The quantitative estimate of drug-likeness (QED) is 0.849. The summed E-state index contributed by atoms with van der Waals surface area (Å²) < 4.78 is 2.28. The average Bonchev–Trinajstić information content (AvgIpc) is 2.84. The molecule has 4 heteroatoms. The number of benzene rings is 1. The minimum Gasteiger partial charge on any atom is -0.399 e. The summed E-state index contributed by atoms with van der Waals surface area (Å²) in [6.45, 7) is 4.59. The fourth-order valence-corrected chi connectivity index (χ4v) is 3.89. The molecule has 114 valence electrons. The van der Waals surface area contributed by atoms with Crippen LogP contribution in [0.4, 0.5) is 5.69 Å². The Hall–Kier alpha value is -1.55. The summed E-state index contributed by atoms with van der Waals surface area (Å²) in [4.78, 5) is 4.59. The molecule has 2 aromatic rings. The van der Waals surface area contributed by atoms with Gasteiger partial charge < -0.3 is 15.4 Å². The zero-order valence-corrected chi connectivity index (χ0v) is 12.9. The molecule has 3 N–H and O–H groups in total. The highest BCUT2D eigenvalue weighted by Gasteiger charge is 2.31. The van der Waals surface area contributed by atoms with Gasteiger partial charge >= 0.3 is 0 Å². The van der Waals surface area contributed by atoms with Gasteiger partial charge in [-0.15, -0.1) is 0 Å². The van der Waals surface area contributed by atoms with Crippen LogP contribution >= 0.6 is 0 Å². The fraction of sp³-hybridized carbons (Fsp3) is 0.588. The number of nitrogens with zero attached hydrogens (tertiary/aromatic N) is 2. The van der Waals surface area contributed by atoms with Crippen LogP contribution in [0.2, 0.25) is 0 Å². The fourth-order valence-electron chi connectivity index (χ4n) is 3.89. The minimum absolute atomic E-state index is 0.0180. The number of hydrogen-bond acceptors (Lipinski definition) is 3. The molecule has 0 bridgehead atoms. The second-order valence-electron chi connectivity index (χ2n) is 6.56. The van der Waals surface area contributed by atoms with Crippen molar-refractivity contribution in [2.75, 3.05) is 5.73 Å². The van der Waals surface area contributed by atoms with Gasteiger partial charge in [0.1, 0.15) is 12.4 Å². The molecule has 4 nitrogen and oxygen atoms in total. The van der Waals surface area contributed by atoms with Gasteiger partial charge in [0.2, 0.25) is 0 Å². The molecule has 0 amide bonds. The number of aromatic nitrogens is 2. The number of nitrogen functional groups attached to an aromatic ring is 1. The van der Waals surface area contributed by atoms with Gasteiger partial charge in [0, 0.05) is 11.7 Å². The highest BCUT2D eigenvalue weighted by Crippen LogP contribution is 2.40. The first-order chi connectivity index (χ1) is 10.1. The number of aliphatic hydroxyl groups excluding tert-OH is 1. The van der Waals surface area contributed by atoms with Crippen molar-refractivity contribution in [1.82, 2.24) is 9.55 Å². The van der Waals surface area contributed by atoms with Crippen LogP contribution < -0.4 is 5.73 Å². The summed E-state index contributed by atoms with van der Waals surface area (Å²) in [7, 11) is 0. The smallest absolute Gasteiger partial charge is 0.135 e. The molecule has 1 aliphatic carbocycles. The highest BCUT2D eigenvalue weighted by molar-refractivity contribution is 5.79. The topological polar surface area (TPSA) is 64.1 Å². The van der Waals surface area contributed by atoms with Gasteiger partial charge in [-0.2, -0.15) is 0 Å². The van der Waals surface area contributed by atoms with Gasteiger partial charge in [-0.05, 0) is 42.9 Å². The number of nitrogens with two attached hydrogens (primary N) is 1. The van der Waals surface area contributed by atoms with Gasteiger partial charge in [0.25, 0.3) is 0 Å². The Labute approximate surface area is 126 Å². The summed E-state index contributed by atoms with van der Waals surface area (Å²) in [5, 5.41) is 9.73.